The Balaban J connectivity index is 1.47. The monoisotopic (exact) mass is 654 g/mol. The van der Waals surface area contributed by atoms with Crippen molar-refractivity contribution in [2.45, 2.75) is 19.8 Å². The van der Waals surface area contributed by atoms with E-state index in [0.717, 1.165) is 23.4 Å². The van der Waals surface area contributed by atoms with E-state index in [2.05, 4.69) is 15.6 Å². The van der Waals surface area contributed by atoms with Crippen molar-refractivity contribution in [3.05, 3.63) is 108 Å². The fourth-order valence-electron chi connectivity index (χ4n) is 5.49. The Bertz CT molecular complexity index is 1780. The molecule has 248 valence electrons. The lowest BCUT2D eigenvalue weighted by molar-refractivity contribution is -0.139. The van der Waals surface area contributed by atoms with Crippen LogP contribution < -0.4 is 21.5 Å². The summed E-state index contributed by atoms with van der Waals surface area (Å²) in [5.41, 5.74) is 4.81. The van der Waals surface area contributed by atoms with Gasteiger partial charge in [-0.05, 0) is 49.1 Å². The minimum atomic E-state index is -1.61. The number of amides is 5. The van der Waals surface area contributed by atoms with Gasteiger partial charge in [-0.3, -0.25) is 9.69 Å². The highest BCUT2D eigenvalue weighted by Crippen LogP contribution is 2.35. The molecule has 2 aliphatic heterocycles. The number of nitrogens with one attached hydrogen (secondary N) is 2. The van der Waals surface area contributed by atoms with Crippen molar-refractivity contribution in [2.75, 3.05) is 36.5 Å². The van der Waals surface area contributed by atoms with E-state index in [4.69, 9.17) is 10.6 Å². The van der Waals surface area contributed by atoms with Gasteiger partial charge in [0.25, 0.3) is 0 Å². The van der Waals surface area contributed by atoms with Crippen LogP contribution in [0.2, 0.25) is 0 Å². The first kappa shape index (κ1) is 33.2. The number of urea groups is 2. The van der Waals surface area contributed by atoms with Gasteiger partial charge in [-0.2, -0.15) is 5.90 Å². The van der Waals surface area contributed by atoms with Crippen LogP contribution in [-0.4, -0.2) is 71.2 Å². The quantitative estimate of drug-likeness (QED) is 0.109. The molecule has 2 aliphatic rings. The zero-order valence-corrected chi connectivity index (χ0v) is 26.0. The predicted octanol–water partition coefficient (Wildman–Crippen LogP) is 3.93. The Morgan fingerprint density at radius 1 is 0.938 bits per heavy atom. The number of hydrogen-bond acceptors (Lipinski definition) is 8. The fourth-order valence-corrected chi connectivity index (χ4v) is 5.49. The van der Waals surface area contributed by atoms with Crippen LogP contribution in [0.4, 0.5) is 21.0 Å². The maximum atomic E-state index is 14.1. The molecule has 14 nitrogen and oxygen atoms in total. The van der Waals surface area contributed by atoms with Crippen LogP contribution in [0.15, 0.2) is 90.8 Å². The first-order valence-corrected chi connectivity index (χ1v) is 15.2. The number of para-hydroxylation sites is 1. The Morgan fingerprint density at radius 3 is 2.33 bits per heavy atom. The number of anilines is 2. The molecular formula is C34H34N6O8. The number of carboxylic acid groups (broad SMARTS) is 1. The standard InChI is InChI=1S/C34H34N6O8/c1-2-47-32(44)29(30(48-35)31(42)43)23-13-10-14-24(19-23)36-33(45)37-40-20-26(22-11-4-3-5-12-22)25-15-6-7-16-27(25)39(34(40)46)21-28(41)38-17-8-9-18-38/h3-7,10-16,19-20H,2,8-9,17-18,21,35H2,1H3,(H,42,43)(H2,36,37,45). The number of carbonyl (C=O) groups excluding carboxylic acids is 4. The first-order valence-electron chi connectivity index (χ1n) is 15.2. The lowest BCUT2D eigenvalue weighted by atomic mass is 9.97. The highest BCUT2D eigenvalue weighted by atomic mass is 16.6. The van der Waals surface area contributed by atoms with Gasteiger partial charge in [0, 0.05) is 36.1 Å². The molecule has 0 bridgehead atoms. The van der Waals surface area contributed by atoms with Crippen molar-refractivity contribution >= 4 is 52.4 Å². The molecule has 0 saturated carbocycles. The van der Waals surface area contributed by atoms with Crippen LogP contribution in [0.25, 0.3) is 11.1 Å². The third-order valence-electron chi connectivity index (χ3n) is 7.67. The van der Waals surface area contributed by atoms with Crippen molar-refractivity contribution in [1.29, 1.82) is 0 Å². The van der Waals surface area contributed by atoms with E-state index in [1.54, 1.807) is 24.0 Å². The van der Waals surface area contributed by atoms with Crippen LogP contribution in [0.5, 0.6) is 0 Å². The molecule has 2 heterocycles. The second-order valence-electron chi connectivity index (χ2n) is 10.7. The van der Waals surface area contributed by atoms with Crippen molar-refractivity contribution < 1.29 is 38.7 Å². The number of rotatable bonds is 10. The summed E-state index contributed by atoms with van der Waals surface area (Å²) >= 11 is 0. The van der Waals surface area contributed by atoms with Gasteiger partial charge in [0.2, 0.25) is 11.7 Å². The Morgan fingerprint density at radius 2 is 1.65 bits per heavy atom. The summed E-state index contributed by atoms with van der Waals surface area (Å²) in [5, 5.41) is 13.2. The molecule has 1 fully saturated rings. The molecule has 0 spiro atoms. The van der Waals surface area contributed by atoms with Gasteiger partial charge in [-0.15, -0.1) is 0 Å². The lowest BCUT2D eigenvalue weighted by Gasteiger charge is -2.28. The molecule has 0 unspecified atom stereocenters. The summed E-state index contributed by atoms with van der Waals surface area (Å²) in [6.07, 6.45) is 3.27. The van der Waals surface area contributed by atoms with Crippen LogP contribution in [0.3, 0.4) is 0 Å². The predicted molar refractivity (Wildman–Crippen MR) is 175 cm³/mol. The molecule has 48 heavy (non-hydrogen) atoms. The lowest BCUT2D eigenvalue weighted by Crippen LogP contribution is -2.52. The number of nitrogens with zero attached hydrogens (tertiary/aromatic N) is 3. The number of benzene rings is 3. The molecule has 0 aromatic heterocycles. The minimum Gasteiger partial charge on any atom is -0.475 e. The summed E-state index contributed by atoms with van der Waals surface area (Å²) < 4.78 is 5.00. The van der Waals surface area contributed by atoms with Crippen LogP contribution >= 0.6 is 0 Å². The molecule has 5 rings (SSSR count). The van der Waals surface area contributed by atoms with E-state index in [9.17, 15) is 29.1 Å². The molecular weight excluding hydrogens is 620 g/mol. The molecule has 0 aliphatic carbocycles. The molecule has 3 aromatic carbocycles. The topological polar surface area (TPSA) is 184 Å². The normalized spacial score (nSPS) is 14.7. The summed E-state index contributed by atoms with van der Waals surface area (Å²) in [7, 11) is 0. The zero-order chi connectivity index (χ0) is 34.2. The Labute approximate surface area is 275 Å². The fraction of sp³-hybridized carbons (Fsp3) is 0.206. The van der Waals surface area contributed by atoms with E-state index in [1.165, 1.54) is 35.4 Å². The molecule has 0 radical (unpaired) electrons. The number of hydrogen-bond donors (Lipinski definition) is 4. The maximum absolute atomic E-state index is 14.1. The van der Waals surface area contributed by atoms with Gasteiger partial charge in [-0.25, -0.2) is 29.6 Å². The number of hydrazine groups is 1. The van der Waals surface area contributed by atoms with Gasteiger partial charge in [0.1, 0.15) is 12.1 Å². The van der Waals surface area contributed by atoms with E-state index in [-0.39, 0.29) is 30.3 Å². The average molecular weight is 655 g/mol. The third kappa shape index (κ3) is 7.29. The van der Waals surface area contributed by atoms with Gasteiger partial charge in [0.15, 0.2) is 0 Å². The van der Waals surface area contributed by atoms with Crippen molar-refractivity contribution in [3.63, 3.8) is 0 Å². The van der Waals surface area contributed by atoms with Crippen molar-refractivity contribution in [3.8, 4) is 0 Å². The highest BCUT2D eigenvalue weighted by Gasteiger charge is 2.33. The number of fused-ring (bicyclic) bond motifs is 1. The smallest absolute Gasteiger partial charge is 0.374 e. The largest absolute Gasteiger partial charge is 0.475 e. The number of esters is 1. The first-order chi connectivity index (χ1) is 23.2. The van der Waals surface area contributed by atoms with Crippen LogP contribution in [0, 0.1) is 0 Å². The molecule has 5 amide bonds. The Kier molecular flexibility index (Phi) is 10.4. The summed E-state index contributed by atoms with van der Waals surface area (Å²) in [5.74, 6) is 1.48. The van der Waals surface area contributed by atoms with E-state index in [1.807, 2.05) is 42.5 Å². The third-order valence-corrected chi connectivity index (χ3v) is 7.67. The summed E-state index contributed by atoms with van der Waals surface area (Å²) in [4.78, 5) is 72.8. The summed E-state index contributed by atoms with van der Waals surface area (Å²) in [6, 6.07) is 20.6. The number of carbonyl (C=O) groups is 5. The summed E-state index contributed by atoms with van der Waals surface area (Å²) in [6.45, 7) is 2.47. The van der Waals surface area contributed by atoms with Crippen molar-refractivity contribution in [2.24, 2.45) is 5.90 Å². The number of ether oxygens (including phenoxy) is 1. The van der Waals surface area contributed by atoms with Crippen LogP contribution in [0.1, 0.15) is 36.5 Å². The maximum Gasteiger partial charge on any atom is 0.374 e. The van der Waals surface area contributed by atoms with Gasteiger partial charge in [0.05, 0.1) is 12.3 Å². The number of aliphatic carboxylic acids is 1. The molecule has 1 saturated heterocycles. The van der Waals surface area contributed by atoms with Gasteiger partial charge >= 0.3 is 24.0 Å². The number of carboxylic acids is 1. The number of nitrogens with two attached hydrogens (primary N) is 1. The average Bonchev–Trinajstić information content (AvgIpc) is 3.60. The molecule has 0 atom stereocenters. The van der Waals surface area contributed by atoms with Crippen molar-refractivity contribution in [1.82, 2.24) is 15.3 Å². The van der Waals surface area contributed by atoms with Gasteiger partial charge in [-0.1, -0.05) is 60.7 Å². The highest BCUT2D eigenvalue weighted by molar-refractivity contribution is 6.22. The molecule has 14 heteroatoms. The van der Waals surface area contributed by atoms with Crippen LogP contribution in [-0.2, 0) is 24.0 Å². The SMILES string of the molecule is CCOC(=O)C(=C(ON)C(=O)O)c1cccc(NC(=O)NN2C=C(c3ccccc3)c3ccccc3N(CC(=O)N3CCCC3)C2=O)c1. The van der Waals surface area contributed by atoms with E-state index in [0.29, 0.717) is 29.9 Å². The van der Waals surface area contributed by atoms with E-state index >= 15 is 0 Å². The van der Waals surface area contributed by atoms with E-state index < -0.39 is 35.3 Å². The second kappa shape index (κ2) is 15.0. The number of likely N-dealkylation sites (tertiary alicyclic amines) is 1. The minimum absolute atomic E-state index is 0.0354. The molecule has 5 N–H and O–H groups in total. The second-order valence-corrected chi connectivity index (χ2v) is 10.7. The zero-order valence-electron chi connectivity index (χ0n) is 26.0. The Hall–Kier alpha value is -6.15. The molecule has 3 aromatic rings. The van der Waals surface area contributed by atoms with Gasteiger partial charge < -0.3 is 24.9 Å².